The van der Waals surface area contributed by atoms with E-state index in [-0.39, 0.29) is 23.8 Å². The molecule has 2 amide bonds. The van der Waals surface area contributed by atoms with Gasteiger partial charge in [0.1, 0.15) is 16.4 Å². The first-order chi connectivity index (χ1) is 16.4. The van der Waals surface area contributed by atoms with Gasteiger partial charge in [-0.15, -0.1) is 11.3 Å². The van der Waals surface area contributed by atoms with E-state index in [9.17, 15) is 14.4 Å². The predicted octanol–water partition coefficient (Wildman–Crippen LogP) is 3.83. The lowest BCUT2D eigenvalue weighted by Gasteiger charge is -2.12. The van der Waals surface area contributed by atoms with Gasteiger partial charge in [0.25, 0.3) is 11.5 Å². The van der Waals surface area contributed by atoms with Crippen LogP contribution < -0.4 is 20.9 Å². The molecule has 3 aromatic heterocycles. The molecule has 0 radical (unpaired) electrons. The van der Waals surface area contributed by atoms with Crippen LogP contribution in [0.5, 0.6) is 5.75 Å². The highest BCUT2D eigenvalue weighted by atomic mass is 32.1. The van der Waals surface area contributed by atoms with Gasteiger partial charge < -0.3 is 20.4 Å². The summed E-state index contributed by atoms with van der Waals surface area (Å²) in [6.45, 7) is 3.86. The summed E-state index contributed by atoms with van der Waals surface area (Å²) in [6, 6.07) is 8.28. The first-order valence-electron chi connectivity index (χ1n) is 10.5. The third-order valence-electron chi connectivity index (χ3n) is 5.33. The van der Waals surface area contributed by atoms with E-state index in [2.05, 4.69) is 25.6 Å². The van der Waals surface area contributed by atoms with Gasteiger partial charge in [-0.1, -0.05) is 0 Å². The molecule has 3 N–H and O–H groups in total. The number of fused-ring (bicyclic) bond motifs is 1. The van der Waals surface area contributed by atoms with E-state index >= 15 is 0 Å². The van der Waals surface area contributed by atoms with E-state index < -0.39 is 0 Å². The number of aryl methyl sites for hydroxylation is 3. The fourth-order valence-electron chi connectivity index (χ4n) is 3.44. The van der Waals surface area contributed by atoms with Crippen LogP contribution in [0.25, 0.3) is 10.2 Å². The zero-order chi connectivity index (χ0) is 24.2. The Labute approximate surface area is 199 Å². The predicted molar refractivity (Wildman–Crippen MR) is 132 cm³/mol. The van der Waals surface area contributed by atoms with Crippen molar-refractivity contribution in [2.75, 3.05) is 17.7 Å². The number of nitrogens with zero attached hydrogens (tertiary/aromatic N) is 2. The molecule has 174 valence electrons. The molecule has 0 fully saturated rings. The summed E-state index contributed by atoms with van der Waals surface area (Å²) in [6.07, 6.45) is 3.49. The van der Waals surface area contributed by atoms with E-state index in [1.807, 2.05) is 13.8 Å². The van der Waals surface area contributed by atoms with Crippen LogP contribution in [0.4, 0.5) is 11.4 Å². The normalized spacial score (nSPS) is 10.8. The van der Waals surface area contributed by atoms with Crippen LogP contribution in [-0.2, 0) is 11.2 Å². The molecule has 9 nitrogen and oxygen atoms in total. The molecule has 0 aliphatic carbocycles. The first-order valence-corrected chi connectivity index (χ1v) is 11.4. The second-order valence-corrected chi connectivity index (χ2v) is 8.84. The Kier molecular flexibility index (Phi) is 6.69. The molecule has 0 saturated heterocycles. The highest BCUT2D eigenvalue weighted by molar-refractivity contribution is 7.18. The molecular weight excluding hydrogens is 454 g/mol. The number of benzene rings is 1. The SMILES string of the molecule is COc1cc(NC(=O)CCc2nc3sc(C)c(C)c3c(=O)[nH]2)ccc1NC(=O)c1cccnc1. The quantitative estimate of drug-likeness (QED) is 0.371. The smallest absolute Gasteiger partial charge is 0.259 e. The standard InChI is InChI=1S/C24H23N5O4S/c1-13-14(2)34-24-21(13)23(32)28-19(29-24)8-9-20(30)26-16-6-7-17(18(11-16)33-3)27-22(31)15-5-4-10-25-12-15/h4-7,10-12H,8-9H2,1-3H3,(H,26,30)(H,27,31)(H,28,29,32). The van der Waals surface area contributed by atoms with Crippen molar-refractivity contribution in [3.8, 4) is 5.75 Å². The molecule has 0 bridgehead atoms. The summed E-state index contributed by atoms with van der Waals surface area (Å²) in [5, 5.41) is 6.19. The van der Waals surface area contributed by atoms with Crippen molar-refractivity contribution in [1.29, 1.82) is 0 Å². The number of carbonyl (C=O) groups is 2. The Bertz CT molecular complexity index is 1430. The largest absolute Gasteiger partial charge is 0.494 e. The number of amides is 2. The van der Waals surface area contributed by atoms with Crippen molar-refractivity contribution in [3.63, 3.8) is 0 Å². The molecular formula is C24H23N5O4S. The number of thiophene rings is 1. The van der Waals surface area contributed by atoms with Crippen LogP contribution >= 0.6 is 11.3 Å². The number of rotatable bonds is 7. The van der Waals surface area contributed by atoms with Crippen LogP contribution in [0.3, 0.4) is 0 Å². The van der Waals surface area contributed by atoms with Crippen molar-refractivity contribution in [3.05, 3.63) is 74.9 Å². The van der Waals surface area contributed by atoms with Gasteiger partial charge >= 0.3 is 0 Å². The Balaban J connectivity index is 1.40. The molecule has 10 heteroatoms. The van der Waals surface area contributed by atoms with E-state index in [0.29, 0.717) is 45.1 Å². The second kappa shape index (κ2) is 9.84. The molecule has 0 atom stereocenters. The summed E-state index contributed by atoms with van der Waals surface area (Å²) in [5.41, 5.74) is 2.15. The maximum Gasteiger partial charge on any atom is 0.259 e. The summed E-state index contributed by atoms with van der Waals surface area (Å²) in [7, 11) is 1.48. The van der Waals surface area contributed by atoms with E-state index in [1.165, 1.54) is 24.6 Å². The van der Waals surface area contributed by atoms with E-state index in [4.69, 9.17) is 4.74 Å². The minimum absolute atomic E-state index is 0.138. The van der Waals surface area contributed by atoms with E-state index in [1.54, 1.807) is 36.5 Å². The number of nitrogens with one attached hydrogen (secondary N) is 3. The lowest BCUT2D eigenvalue weighted by molar-refractivity contribution is -0.116. The Morgan fingerprint density at radius 3 is 2.74 bits per heavy atom. The lowest BCUT2D eigenvalue weighted by Crippen LogP contribution is -2.16. The number of methoxy groups -OCH3 is 1. The summed E-state index contributed by atoms with van der Waals surface area (Å²) in [5.74, 6) is 0.308. The zero-order valence-electron chi connectivity index (χ0n) is 18.9. The Morgan fingerprint density at radius 1 is 1.18 bits per heavy atom. The molecule has 0 saturated carbocycles. The fraction of sp³-hybridized carbons (Fsp3) is 0.208. The number of anilines is 2. The van der Waals surface area contributed by atoms with Crippen molar-refractivity contribution in [2.24, 2.45) is 0 Å². The second-order valence-electron chi connectivity index (χ2n) is 7.64. The number of carbonyl (C=O) groups excluding carboxylic acids is 2. The van der Waals surface area contributed by atoms with Gasteiger partial charge in [0.15, 0.2) is 0 Å². The van der Waals surface area contributed by atoms with Gasteiger partial charge in [0, 0.05) is 41.9 Å². The molecule has 4 rings (SSSR count). The van der Waals surface area contributed by atoms with Crippen molar-refractivity contribution < 1.29 is 14.3 Å². The number of aromatic nitrogens is 3. The van der Waals surface area contributed by atoms with E-state index in [0.717, 1.165) is 10.4 Å². The van der Waals surface area contributed by atoms with Crippen molar-refractivity contribution >= 4 is 44.7 Å². The molecule has 4 aromatic rings. The molecule has 0 spiro atoms. The van der Waals surface area contributed by atoms with Crippen LogP contribution in [-0.4, -0.2) is 33.9 Å². The highest BCUT2D eigenvalue weighted by Crippen LogP contribution is 2.29. The van der Waals surface area contributed by atoms with Gasteiger partial charge in [0.2, 0.25) is 5.91 Å². The number of H-pyrrole nitrogens is 1. The molecule has 0 unspecified atom stereocenters. The number of pyridine rings is 1. The number of hydrogen-bond acceptors (Lipinski definition) is 7. The van der Waals surface area contributed by atoms with Crippen molar-refractivity contribution in [1.82, 2.24) is 15.0 Å². The average Bonchev–Trinajstić information content (AvgIpc) is 3.12. The van der Waals surface area contributed by atoms with Gasteiger partial charge in [-0.2, -0.15) is 0 Å². The maximum absolute atomic E-state index is 12.5. The summed E-state index contributed by atoms with van der Waals surface area (Å²) < 4.78 is 5.37. The van der Waals surface area contributed by atoms with Crippen LogP contribution in [0.15, 0.2) is 47.5 Å². The molecule has 34 heavy (non-hydrogen) atoms. The van der Waals surface area contributed by atoms with Crippen LogP contribution in [0.1, 0.15) is 33.0 Å². The van der Waals surface area contributed by atoms with Crippen LogP contribution in [0.2, 0.25) is 0 Å². The number of ether oxygens (including phenoxy) is 1. The minimum atomic E-state index is -0.322. The van der Waals surface area contributed by atoms with Crippen LogP contribution in [0, 0.1) is 13.8 Å². The minimum Gasteiger partial charge on any atom is -0.494 e. The van der Waals surface area contributed by atoms with Gasteiger partial charge in [0.05, 0.1) is 23.7 Å². The molecule has 0 aliphatic heterocycles. The lowest BCUT2D eigenvalue weighted by atomic mass is 10.2. The molecule has 1 aromatic carbocycles. The average molecular weight is 478 g/mol. The Morgan fingerprint density at radius 2 is 2.00 bits per heavy atom. The fourth-order valence-corrected chi connectivity index (χ4v) is 4.49. The molecule has 3 heterocycles. The van der Waals surface area contributed by atoms with Crippen molar-refractivity contribution in [2.45, 2.75) is 26.7 Å². The topological polar surface area (TPSA) is 126 Å². The first kappa shape index (κ1) is 23.1. The summed E-state index contributed by atoms with van der Waals surface area (Å²) >= 11 is 1.47. The van der Waals surface area contributed by atoms with Gasteiger partial charge in [-0.25, -0.2) is 4.98 Å². The third-order valence-corrected chi connectivity index (χ3v) is 6.44. The summed E-state index contributed by atoms with van der Waals surface area (Å²) in [4.78, 5) is 50.2. The van der Waals surface area contributed by atoms with Gasteiger partial charge in [-0.3, -0.25) is 19.4 Å². The van der Waals surface area contributed by atoms with Gasteiger partial charge in [-0.05, 0) is 43.7 Å². The number of aromatic amines is 1. The third kappa shape index (κ3) is 4.96. The molecule has 0 aliphatic rings. The monoisotopic (exact) mass is 477 g/mol. The highest BCUT2D eigenvalue weighted by Gasteiger charge is 2.14. The maximum atomic E-state index is 12.5. The zero-order valence-corrected chi connectivity index (χ0v) is 19.7. The Hall–Kier alpha value is -4.05. The number of hydrogen-bond donors (Lipinski definition) is 3.